The highest BCUT2D eigenvalue weighted by atomic mass is 35.5. The molecule has 0 atom stereocenters. The van der Waals surface area contributed by atoms with Gasteiger partial charge in [0, 0.05) is 20.1 Å². The van der Waals surface area contributed by atoms with Crippen molar-refractivity contribution in [1.29, 1.82) is 0 Å². The van der Waals surface area contributed by atoms with E-state index in [0.29, 0.717) is 13.1 Å². The third-order valence-electron chi connectivity index (χ3n) is 4.21. The van der Waals surface area contributed by atoms with Crippen molar-refractivity contribution in [2.24, 2.45) is 13.0 Å². The van der Waals surface area contributed by atoms with Crippen LogP contribution in [-0.4, -0.2) is 27.0 Å². The van der Waals surface area contributed by atoms with Crippen LogP contribution in [0.15, 0.2) is 0 Å². The lowest BCUT2D eigenvalue weighted by Gasteiger charge is -2.35. The van der Waals surface area contributed by atoms with Gasteiger partial charge in [0.25, 0.3) is 0 Å². The molecule has 1 saturated carbocycles. The van der Waals surface area contributed by atoms with Crippen LogP contribution >= 0.6 is 11.6 Å². The van der Waals surface area contributed by atoms with E-state index in [1.807, 2.05) is 14.0 Å². The fourth-order valence-electron chi connectivity index (χ4n) is 2.76. The predicted octanol–water partition coefficient (Wildman–Crippen LogP) is 2.41. The summed E-state index contributed by atoms with van der Waals surface area (Å²) in [5.74, 6) is 0.745. The van der Waals surface area contributed by atoms with Crippen LogP contribution in [0.3, 0.4) is 0 Å². The number of rotatable bonds is 4. The van der Waals surface area contributed by atoms with E-state index in [-0.39, 0.29) is 0 Å². The predicted molar refractivity (Wildman–Crippen MR) is 77.2 cm³/mol. The van der Waals surface area contributed by atoms with Gasteiger partial charge in [-0.15, -0.1) is 0 Å². The highest BCUT2D eigenvalue weighted by Gasteiger charge is 2.31. The second kappa shape index (κ2) is 5.81. The van der Waals surface area contributed by atoms with Crippen LogP contribution in [0.2, 0.25) is 5.02 Å². The van der Waals surface area contributed by atoms with Crippen molar-refractivity contribution in [1.82, 2.24) is 15.1 Å². The van der Waals surface area contributed by atoms with Crippen LogP contribution in [0, 0.1) is 12.8 Å². The smallest absolute Gasteiger partial charge is 0.0860 e. The number of aryl methyl sites for hydroxylation is 2. The molecule has 1 fully saturated rings. The Morgan fingerprint density at radius 3 is 2.63 bits per heavy atom. The van der Waals surface area contributed by atoms with Crippen LogP contribution in [0.1, 0.15) is 44.0 Å². The number of nitrogens with one attached hydrogen (secondary N) is 1. The molecule has 0 aromatic carbocycles. The van der Waals surface area contributed by atoms with Gasteiger partial charge in [0.1, 0.15) is 0 Å². The lowest BCUT2D eigenvalue weighted by Crippen LogP contribution is -2.43. The molecule has 5 heteroatoms. The SMILES string of the molecule is Cc1nn(C)c(CNCC2(O)CCC(C)CC2)c1Cl. The molecule has 1 heterocycles. The largest absolute Gasteiger partial charge is 0.389 e. The Balaban J connectivity index is 1.86. The first-order valence-corrected chi connectivity index (χ1v) is 7.40. The monoisotopic (exact) mass is 285 g/mol. The Morgan fingerprint density at radius 1 is 1.47 bits per heavy atom. The van der Waals surface area contributed by atoms with Gasteiger partial charge in [0.15, 0.2) is 0 Å². The third kappa shape index (κ3) is 3.50. The van der Waals surface area contributed by atoms with Crippen LogP contribution in [0.4, 0.5) is 0 Å². The molecule has 2 N–H and O–H groups in total. The molecule has 1 aromatic rings. The van der Waals surface area contributed by atoms with Crippen molar-refractivity contribution >= 4 is 11.6 Å². The maximum atomic E-state index is 10.5. The van der Waals surface area contributed by atoms with Gasteiger partial charge in [-0.3, -0.25) is 4.68 Å². The maximum absolute atomic E-state index is 10.5. The van der Waals surface area contributed by atoms with E-state index < -0.39 is 5.60 Å². The first-order valence-electron chi connectivity index (χ1n) is 7.02. The van der Waals surface area contributed by atoms with E-state index in [1.165, 1.54) is 0 Å². The number of nitrogens with zero attached hydrogens (tertiary/aromatic N) is 2. The summed E-state index contributed by atoms with van der Waals surface area (Å²) in [6.45, 7) is 5.43. The summed E-state index contributed by atoms with van der Waals surface area (Å²) >= 11 is 6.20. The van der Waals surface area contributed by atoms with Gasteiger partial charge in [-0.2, -0.15) is 5.10 Å². The van der Waals surface area contributed by atoms with Crippen molar-refractivity contribution in [3.8, 4) is 0 Å². The minimum absolute atomic E-state index is 0.549. The van der Waals surface area contributed by atoms with Crippen LogP contribution in [0.25, 0.3) is 0 Å². The first kappa shape index (κ1) is 14.8. The Hall–Kier alpha value is -0.580. The summed E-state index contributed by atoms with van der Waals surface area (Å²) in [6.07, 6.45) is 4.01. The van der Waals surface area contributed by atoms with Gasteiger partial charge < -0.3 is 10.4 Å². The molecule has 19 heavy (non-hydrogen) atoms. The molecule has 108 valence electrons. The van der Waals surface area contributed by atoms with E-state index in [4.69, 9.17) is 11.6 Å². The Morgan fingerprint density at radius 2 is 2.11 bits per heavy atom. The summed E-state index contributed by atoms with van der Waals surface area (Å²) < 4.78 is 1.80. The molecule has 1 aromatic heterocycles. The van der Waals surface area contributed by atoms with Crippen LogP contribution in [-0.2, 0) is 13.6 Å². The summed E-state index contributed by atoms with van der Waals surface area (Å²) in [4.78, 5) is 0. The average molecular weight is 286 g/mol. The average Bonchev–Trinajstić information content (AvgIpc) is 2.60. The zero-order chi connectivity index (χ0) is 14.0. The minimum atomic E-state index is -0.549. The quantitative estimate of drug-likeness (QED) is 0.893. The molecule has 0 bridgehead atoms. The Labute approximate surface area is 120 Å². The van der Waals surface area contributed by atoms with Gasteiger partial charge in [0.2, 0.25) is 0 Å². The van der Waals surface area contributed by atoms with Crippen LogP contribution in [0.5, 0.6) is 0 Å². The van der Waals surface area contributed by atoms with Crippen molar-refractivity contribution < 1.29 is 5.11 Å². The van der Waals surface area contributed by atoms with Gasteiger partial charge in [-0.1, -0.05) is 18.5 Å². The van der Waals surface area contributed by atoms with Gasteiger partial charge in [-0.05, 0) is 38.5 Å². The minimum Gasteiger partial charge on any atom is -0.389 e. The molecule has 1 aliphatic carbocycles. The van der Waals surface area contributed by atoms with E-state index in [0.717, 1.165) is 48.0 Å². The Bertz CT molecular complexity index is 436. The fraction of sp³-hybridized carbons (Fsp3) is 0.786. The molecular formula is C14H24ClN3O. The van der Waals surface area contributed by atoms with E-state index >= 15 is 0 Å². The van der Waals surface area contributed by atoms with Gasteiger partial charge in [-0.25, -0.2) is 0 Å². The third-order valence-corrected chi connectivity index (χ3v) is 4.70. The highest BCUT2D eigenvalue weighted by molar-refractivity contribution is 6.31. The summed E-state index contributed by atoms with van der Waals surface area (Å²) in [6, 6.07) is 0. The molecule has 0 radical (unpaired) electrons. The standard InChI is InChI=1S/C14H24ClN3O/c1-10-4-6-14(19,7-5-10)9-16-8-12-13(15)11(2)17-18(12)3/h10,16,19H,4-9H2,1-3H3. The summed E-state index contributed by atoms with van der Waals surface area (Å²) in [7, 11) is 1.90. The van der Waals surface area contributed by atoms with Crippen molar-refractivity contribution in [2.45, 2.75) is 51.7 Å². The van der Waals surface area contributed by atoms with Crippen LogP contribution < -0.4 is 5.32 Å². The molecular weight excluding hydrogens is 262 g/mol. The number of aromatic nitrogens is 2. The van der Waals surface area contributed by atoms with E-state index in [9.17, 15) is 5.11 Å². The number of aliphatic hydroxyl groups is 1. The number of hydrogen-bond donors (Lipinski definition) is 2. The molecule has 0 amide bonds. The highest BCUT2D eigenvalue weighted by Crippen LogP contribution is 2.31. The second-order valence-corrected chi connectivity index (χ2v) is 6.36. The lowest BCUT2D eigenvalue weighted by atomic mass is 9.79. The normalized spacial score (nSPS) is 27.7. The molecule has 4 nitrogen and oxygen atoms in total. The fourth-order valence-corrected chi connectivity index (χ4v) is 2.99. The molecule has 0 saturated heterocycles. The van der Waals surface area contributed by atoms with E-state index in [1.54, 1.807) is 4.68 Å². The van der Waals surface area contributed by atoms with Crippen molar-refractivity contribution in [3.63, 3.8) is 0 Å². The number of halogens is 1. The van der Waals surface area contributed by atoms with Crippen molar-refractivity contribution in [2.75, 3.05) is 6.54 Å². The molecule has 0 spiro atoms. The van der Waals surface area contributed by atoms with Gasteiger partial charge in [0.05, 0.1) is 22.0 Å². The molecule has 1 aliphatic rings. The number of hydrogen-bond acceptors (Lipinski definition) is 3. The molecule has 0 unspecified atom stereocenters. The van der Waals surface area contributed by atoms with E-state index in [2.05, 4.69) is 17.3 Å². The maximum Gasteiger partial charge on any atom is 0.0860 e. The van der Waals surface area contributed by atoms with Crippen molar-refractivity contribution in [3.05, 3.63) is 16.4 Å². The zero-order valence-corrected chi connectivity index (χ0v) is 12.8. The van der Waals surface area contributed by atoms with Gasteiger partial charge >= 0.3 is 0 Å². The second-order valence-electron chi connectivity index (χ2n) is 5.98. The topological polar surface area (TPSA) is 50.1 Å². The Kier molecular flexibility index (Phi) is 4.54. The summed E-state index contributed by atoms with van der Waals surface area (Å²) in [5, 5.41) is 18.8. The zero-order valence-electron chi connectivity index (χ0n) is 12.0. The first-order chi connectivity index (χ1) is 8.91. The summed E-state index contributed by atoms with van der Waals surface area (Å²) in [5.41, 5.74) is 1.28. The lowest BCUT2D eigenvalue weighted by molar-refractivity contribution is -0.00640. The molecule has 2 rings (SSSR count). The molecule has 0 aliphatic heterocycles.